The van der Waals surface area contributed by atoms with Crippen LogP contribution in [0.4, 0.5) is 4.39 Å². The fourth-order valence-electron chi connectivity index (χ4n) is 1.36. The summed E-state index contributed by atoms with van der Waals surface area (Å²) in [5.74, 6) is -0.441. The van der Waals surface area contributed by atoms with E-state index < -0.39 is 11.9 Å². The molecule has 0 aliphatic rings. The summed E-state index contributed by atoms with van der Waals surface area (Å²) in [6.07, 6.45) is 1.76. The van der Waals surface area contributed by atoms with Gasteiger partial charge in [0.05, 0.1) is 9.98 Å². The molecule has 1 atom stereocenters. The molecule has 2 rings (SSSR count). The molecule has 0 aliphatic carbocycles. The van der Waals surface area contributed by atoms with E-state index >= 15 is 0 Å². The van der Waals surface area contributed by atoms with E-state index in [2.05, 4.69) is 20.9 Å². The van der Waals surface area contributed by atoms with E-state index in [4.69, 9.17) is 0 Å². The number of halogens is 2. The minimum Gasteiger partial charge on any atom is -0.383 e. The largest absolute Gasteiger partial charge is 0.383 e. The lowest BCUT2D eigenvalue weighted by Gasteiger charge is -2.07. The minimum absolute atomic E-state index is 0.441. The Morgan fingerprint density at radius 3 is 2.75 bits per heavy atom. The summed E-state index contributed by atoms with van der Waals surface area (Å²) in [7, 11) is 0. The first-order valence-corrected chi connectivity index (χ1v) is 6.23. The van der Waals surface area contributed by atoms with Gasteiger partial charge in [0.25, 0.3) is 0 Å². The smallest absolute Gasteiger partial charge is 0.141 e. The van der Waals surface area contributed by atoms with Gasteiger partial charge in [0, 0.05) is 16.6 Å². The summed E-state index contributed by atoms with van der Waals surface area (Å²) in [6, 6.07) is 3.17. The van der Waals surface area contributed by atoms with E-state index in [9.17, 15) is 9.50 Å². The summed E-state index contributed by atoms with van der Waals surface area (Å²) in [5.41, 5.74) is 1.53. The molecule has 2 aromatic heterocycles. The predicted molar refractivity (Wildman–Crippen MR) is 65.0 cm³/mol. The molecule has 2 aromatic rings. The first-order chi connectivity index (χ1) is 7.58. The molecular weight excluding hydrogens is 293 g/mol. The molecule has 0 amide bonds. The first-order valence-electron chi connectivity index (χ1n) is 4.62. The van der Waals surface area contributed by atoms with Crippen molar-refractivity contribution in [2.75, 3.05) is 0 Å². The van der Waals surface area contributed by atoms with Gasteiger partial charge in [0.1, 0.15) is 11.9 Å². The van der Waals surface area contributed by atoms with Crippen molar-refractivity contribution < 1.29 is 9.50 Å². The molecule has 84 valence electrons. The summed E-state index contributed by atoms with van der Waals surface area (Å²) in [6.45, 7) is 1.95. The minimum atomic E-state index is -0.821. The number of hydrogen-bond acceptors (Lipinski definition) is 3. The van der Waals surface area contributed by atoms with Gasteiger partial charge in [-0.15, -0.1) is 11.3 Å². The van der Waals surface area contributed by atoms with Crippen LogP contribution in [0.15, 0.2) is 28.3 Å². The lowest BCUT2D eigenvalue weighted by Crippen LogP contribution is -1.98. The van der Waals surface area contributed by atoms with Crippen molar-refractivity contribution in [2.24, 2.45) is 0 Å². The zero-order valence-electron chi connectivity index (χ0n) is 8.45. The Morgan fingerprint density at radius 1 is 1.44 bits per heavy atom. The Bertz CT molecular complexity index is 495. The van der Waals surface area contributed by atoms with Gasteiger partial charge in [-0.05, 0) is 40.5 Å². The van der Waals surface area contributed by atoms with Gasteiger partial charge < -0.3 is 5.11 Å². The highest BCUT2D eigenvalue weighted by atomic mass is 79.9. The van der Waals surface area contributed by atoms with Gasteiger partial charge in [-0.3, -0.25) is 4.98 Å². The highest BCUT2D eigenvalue weighted by Crippen LogP contribution is 2.34. The number of rotatable bonds is 2. The maximum Gasteiger partial charge on any atom is 0.141 e. The zero-order chi connectivity index (χ0) is 11.7. The molecule has 5 heteroatoms. The van der Waals surface area contributed by atoms with Gasteiger partial charge in [0.2, 0.25) is 0 Å². The van der Waals surface area contributed by atoms with E-state index in [1.807, 2.05) is 13.0 Å². The Morgan fingerprint density at radius 2 is 2.19 bits per heavy atom. The van der Waals surface area contributed by atoms with Crippen molar-refractivity contribution in [3.63, 3.8) is 0 Å². The third-order valence-electron chi connectivity index (χ3n) is 2.19. The molecule has 0 aromatic carbocycles. The van der Waals surface area contributed by atoms with Crippen molar-refractivity contribution in [2.45, 2.75) is 13.0 Å². The van der Waals surface area contributed by atoms with Crippen LogP contribution >= 0.6 is 27.3 Å². The maximum atomic E-state index is 12.9. The molecule has 0 fully saturated rings. The molecule has 2 nitrogen and oxygen atoms in total. The van der Waals surface area contributed by atoms with Crippen molar-refractivity contribution in [1.29, 1.82) is 0 Å². The fraction of sp³-hybridized carbons (Fsp3) is 0.182. The molecule has 1 N–H and O–H groups in total. The standard InChI is InChI=1S/C11H9BrFNOS/c1-6-2-9(16-11(6)12)10(15)7-3-8(13)5-14-4-7/h2-5,10,15H,1H3. The van der Waals surface area contributed by atoms with Crippen LogP contribution in [0.2, 0.25) is 0 Å². The summed E-state index contributed by atoms with van der Waals surface area (Å²) in [4.78, 5) is 4.49. The number of aliphatic hydroxyl groups excluding tert-OH is 1. The average molecular weight is 302 g/mol. The molecule has 0 saturated heterocycles. The first kappa shape index (κ1) is 11.7. The second kappa shape index (κ2) is 4.61. The van der Waals surface area contributed by atoms with Gasteiger partial charge in [-0.25, -0.2) is 4.39 Å². The molecule has 0 saturated carbocycles. The topological polar surface area (TPSA) is 33.1 Å². The van der Waals surface area contributed by atoms with Gasteiger partial charge in [-0.2, -0.15) is 0 Å². The molecule has 0 spiro atoms. The van der Waals surface area contributed by atoms with E-state index in [1.165, 1.54) is 23.6 Å². The van der Waals surface area contributed by atoms with Crippen LogP contribution in [0.1, 0.15) is 22.1 Å². The molecule has 0 aliphatic heterocycles. The van der Waals surface area contributed by atoms with Crippen molar-refractivity contribution in [3.05, 3.63) is 50.1 Å². The lowest BCUT2D eigenvalue weighted by atomic mass is 10.1. The van der Waals surface area contributed by atoms with Crippen LogP contribution in [0.25, 0.3) is 0 Å². The van der Waals surface area contributed by atoms with Crippen LogP contribution in [0.5, 0.6) is 0 Å². The van der Waals surface area contributed by atoms with Crippen molar-refractivity contribution in [3.8, 4) is 0 Å². The van der Waals surface area contributed by atoms with E-state index in [0.29, 0.717) is 5.56 Å². The third-order valence-corrected chi connectivity index (χ3v) is 4.38. The second-order valence-electron chi connectivity index (χ2n) is 3.44. The SMILES string of the molecule is Cc1cc(C(O)c2cncc(F)c2)sc1Br. The van der Waals surface area contributed by atoms with Crippen LogP contribution in [-0.2, 0) is 0 Å². The summed E-state index contributed by atoms with van der Waals surface area (Å²) in [5, 5.41) is 10.0. The number of nitrogens with zero attached hydrogens (tertiary/aromatic N) is 1. The molecule has 0 bridgehead atoms. The van der Waals surface area contributed by atoms with E-state index in [-0.39, 0.29) is 0 Å². The number of hydrogen-bond donors (Lipinski definition) is 1. The Labute approximate surface area is 105 Å². The van der Waals surface area contributed by atoms with Crippen molar-refractivity contribution in [1.82, 2.24) is 4.98 Å². The molecule has 2 heterocycles. The number of aryl methyl sites for hydroxylation is 1. The number of thiophene rings is 1. The Hall–Kier alpha value is -0.780. The summed E-state index contributed by atoms with van der Waals surface area (Å²) >= 11 is 4.83. The normalized spacial score (nSPS) is 12.8. The lowest BCUT2D eigenvalue weighted by molar-refractivity contribution is 0.223. The second-order valence-corrected chi connectivity index (χ2v) is 5.85. The highest BCUT2D eigenvalue weighted by molar-refractivity contribution is 9.11. The van der Waals surface area contributed by atoms with Crippen LogP contribution in [0, 0.1) is 12.7 Å². The number of pyridine rings is 1. The quantitative estimate of drug-likeness (QED) is 0.922. The monoisotopic (exact) mass is 301 g/mol. The average Bonchev–Trinajstić information content (AvgIpc) is 2.58. The zero-order valence-corrected chi connectivity index (χ0v) is 10.8. The number of aromatic nitrogens is 1. The Kier molecular flexibility index (Phi) is 3.37. The fourth-order valence-corrected chi connectivity index (χ4v) is 2.95. The van der Waals surface area contributed by atoms with Gasteiger partial charge in [-0.1, -0.05) is 0 Å². The van der Waals surface area contributed by atoms with Gasteiger partial charge in [0.15, 0.2) is 0 Å². The predicted octanol–water partition coefficient (Wildman–Crippen LogP) is 3.43. The maximum absolute atomic E-state index is 12.9. The van der Waals surface area contributed by atoms with Crippen molar-refractivity contribution >= 4 is 27.3 Å². The summed E-state index contributed by atoms with van der Waals surface area (Å²) < 4.78 is 13.9. The molecule has 0 radical (unpaired) electrons. The third kappa shape index (κ3) is 2.31. The van der Waals surface area contributed by atoms with E-state index in [0.717, 1.165) is 20.4 Å². The van der Waals surface area contributed by atoms with Crippen LogP contribution in [0.3, 0.4) is 0 Å². The van der Waals surface area contributed by atoms with Gasteiger partial charge >= 0.3 is 0 Å². The number of aliphatic hydroxyl groups is 1. The van der Waals surface area contributed by atoms with E-state index in [1.54, 1.807) is 0 Å². The Balaban J connectivity index is 2.35. The molecule has 16 heavy (non-hydrogen) atoms. The molecular formula is C11H9BrFNOS. The molecule has 1 unspecified atom stereocenters. The van der Waals surface area contributed by atoms with Crippen LogP contribution < -0.4 is 0 Å². The highest BCUT2D eigenvalue weighted by Gasteiger charge is 2.15. The van der Waals surface area contributed by atoms with Crippen LogP contribution in [-0.4, -0.2) is 10.1 Å².